The molecule has 0 spiro atoms. The normalized spacial score (nSPS) is 14.7. The highest BCUT2D eigenvalue weighted by Crippen LogP contribution is 2.36. The minimum atomic E-state index is 0.212. The lowest BCUT2D eigenvalue weighted by Crippen LogP contribution is -2.23. The number of hydrogen-bond acceptors (Lipinski definition) is 2. The van der Waals surface area contributed by atoms with E-state index in [2.05, 4.69) is 60.8 Å². The van der Waals surface area contributed by atoms with Crippen LogP contribution in [0.5, 0.6) is 5.75 Å². The molecule has 3 rings (SSSR count). The van der Waals surface area contributed by atoms with E-state index in [9.17, 15) is 0 Å². The van der Waals surface area contributed by atoms with Crippen molar-refractivity contribution in [2.75, 3.05) is 13.2 Å². The molecule has 1 heterocycles. The Morgan fingerprint density at radius 1 is 1.10 bits per heavy atom. The number of hydrogen-bond donors (Lipinski definition) is 1. The van der Waals surface area contributed by atoms with Crippen LogP contribution >= 0.6 is 0 Å². The van der Waals surface area contributed by atoms with E-state index in [0.717, 1.165) is 31.7 Å². The Kier molecular flexibility index (Phi) is 4.03. The van der Waals surface area contributed by atoms with Crippen molar-refractivity contribution in [3.63, 3.8) is 0 Å². The second-order valence-corrected chi connectivity index (χ2v) is 5.23. The summed E-state index contributed by atoms with van der Waals surface area (Å²) in [6.45, 7) is 4.01. The van der Waals surface area contributed by atoms with E-state index in [0.29, 0.717) is 0 Å². The molecule has 0 radical (unpaired) electrons. The van der Waals surface area contributed by atoms with Gasteiger partial charge in [0.05, 0.1) is 12.6 Å². The van der Waals surface area contributed by atoms with E-state index in [1.54, 1.807) is 0 Å². The van der Waals surface area contributed by atoms with Crippen molar-refractivity contribution in [2.24, 2.45) is 0 Å². The highest BCUT2D eigenvalue weighted by atomic mass is 16.5. The Morgan fingerprint density at radius 3 is 2.75 bits per heavy atom. The summed E-state index contributed by atoms with van der Waals surface area (Å²) in [5.41, 5.74) is 3.89. The number of fused-ring (bicyclic) bond motifs is 1. The van der Waals surface area contributed by atoms with E-state index in [-0.39, 0.29) is 6.04 Å². The maximum Gasteiger partial charge on any atom is 0.127 e. The SMILES string of the molecule is CCCNC(c1ccccc1)c1cccc2c1OCC2. The Morgan fingerprint density at radius 2 is 1.95 bits per heavy atom. The van der Waals surface area contributed by atoms with Gasteiger partial charge in [-0.2, -0.15) is 0 Å². The lowest BCUT2D eigenvalue weighted by Gasteiger charge is -2.21. The molecule has 1 aliphatic rings. The molecule has 2 aromatic carbocycles. The van der Waals surface area contributed by atoms with E-state index in [4.69, 9.17) is 4.74 Å². The summed E-state index contributed by atoms with van der Waals surface area (Å²) in [6.07, 6.45) is 2.15. The molecule has 1 aliphatic heterocycles. The van der Waals surface area contributed by atoms with Gasteiger partial charge >= 0.3 is 0 Å². The number of benzene rings is 2. The van der Waals surface area contributed by atoms with Crippen molar-refractivity contribution < 1.29 is 4.74 Å². The first kappa shape index (κ1) is 13.2. The minimum absolute atomic E-state index is 0.212. The third-order valence-electron chi connectivity index (χ3n) is 3.79. The van der Waals surface area contributed by atoms with Crippen LogP contribution in [-0.2, 0) is 6.42 Å². The molecule has 1 atom stereocenters. The monoisotopic (exact) mass is 267 g/mol. The van der Waals surface area contributed by atoms with Crippen LogP contribution in [0.1, 0.15) is 36.1 Å². The van der Waals surface area contributed by atoms with Crippen LogP contribution in [0.4, 0.5) is 0 Å². The largest absolute Gasteiger partial charge is 0.493 e. The topological polar surface area (TPSA) is 21.3 Å². The highest BCUT2D eigenvalue weighted by Gasteiger charge is 2.22. The molecule has 2 nitrogen and oxygen atoms in total. The lowest BCUT2D eigenvalue weighted by atomic mass is 9.95. The molecule has 0 fully saturated rings. The summed E-state index contributed by atoms with van der Waals surface area (Å²) in [4.78, 5) is 0. The number of nitrogens with one attached hydrogen (secondary N) is 1. The van der Waals surface area contributed by atoms with E-state index in [1.165, 1.54) is 16.7 Å². The Labute approximate surface area is 120 Å². The molecule has 0 saturated heterocycles. The molecule has 0 aliphatic carbocycles. The van der Waals surface area contributed by atoms with Gasteiger partial charge < -0.3 is 10.1 Å². The third-order valence-corrected chi connectivity index (χ3v) is 3.79. The first-order valence-electron chi connectivity index (χ1n) is 7.43. The summed E-state index contributed by atoms with van der Waals surface area (Å²) >= 11 is 0. The van der Waals surface area contributed by atoms with Crippen molar-refractivity contribution in [1.29, 1.82) is 0 Å². The van der Waals surface area contributed by atoms with Crippen LogP contribution in [0.15, 0.2) is 48.5 Å². The highest BCUT2D eigenvalue weighted by molar-refractivity contribution is 5.48. The molecule has 2 heteroatoms. The lowest BCUT2D eigenvalue weighted by molar-refractivity contribution is 0.350. The van der Waals surface area contributed by atoms with Crippen LogP contribution in [0.3, 0.4) is 0 Å². The smallest absolute Gasteiger partial charge is 0.127 e. The Bertz CT molecular complexity index is 565. The quantitative estimate of drug-likeness (QED) is 0.891. The second kappa shape index (κ2) is 6.10. The van der Waals surface area contributed by atoms with Gasteiger partial charge in [-0.15, -0.1) is 0 Å². The van der Waals surface area contributed by atoms with Crippen LogP contribution in [0, 0.1) is 0 Å². The van der Waals surface area contributed by atoms with Crippen molar-refractivity contribution in [3.05, 3.63) is 65.2 Å². The van der Waals surface area contributed by atoms with Gasteiger partial charge in [-0.1, -0.05) is 55.5 Å². The molecular formula is C18H21NO. The Hall–Kier alpha value is -1.80. The molecule has 20 heavy (non-hydrogen) atoms. The van der Waals surface area contributed by atoms with Gasteiger partial charge in [0.15, 0.2) is 0 Å². The van der Waals surface area contributed by atoms with Gasteiger partial charge in [0.2, 0.25) is 0 Å². The molecule has 0 amide bonds. The zero-order chi connectivity index (χ0) is 13.8. The first-order valence-corrected chi connectivity index (χ1v) is 7.43. The fourth-order valence-electron chi connectivity index (χ4n) is 2.81. The predicted molar refractivity (Wildman–Crippen MR) is 82.2 cm³/mol. The standard InChI is InChI=1S/C18H21NO/c1-2-12-19-17(14-7-4-3-5-8-14)16-10-6-9-15-11-13-20-18(15)16/h3-10,17,19H,2,11-13H2,1H3. The third kappa shape index (κ3) is 2.56. The maximum absolute atomic E-state index is 5.87. The van der Waals surface area contributed by atoms with E-state index >= 15 is 0 Å². The summed E-state index contributed by atoms with van der Waals surface area (Å²) in [5, 5.41) is 3.65. The number of rotatable bonds is 5. The minimum Gasteiger partial charge on any atom is -0.493 e. The van der Waals surface area contributed by atoms with Crippen molar-refractivity contribution in [1.82, 2.24) is 5.32 Å². The average Bonchev–Trinajstić information content (AvgIpc) is 2.98. The van der Waals surface area contributed by atoms with Crippen molar-refractivity contribution in [2.45, 2.75) is 25.8 Å². The van der Waals surface area contributed by atoms with Gasteiger partial charge in [0, 0.05) is 12.0 Å². The summed E-state index contributed by atoms with van der Waals surface area (Å²) in [7, 11) is 0. The molecule has 1 N–H and O–H groups in total. The maximum atomic E-state index is 5.87. The zero-order valence-corrected chi connectivity index (χ0v) is 11.9. The van der Waals surface area contributed by atoms with Crippen LogP contribution < -0.4 is 10.1 Å². The fourth-order valence-corrected chi connectivity index (χ4v) is 2.81. The number of para-hydroxylation sites is 1. The Balaban J connectivity index is 2.00. The summed E-state index contributed by atoms with van der Waals surface area (Å²) in [5.74, 6) is 1.09. The molecular weight excluding hydrogens is 246 g/mol. The van der Waals surface area contributed by atoms with Gasteiger partial charge in [-0.05, 0) is 24.1 Å². The van der Waals surface area contributed by atoms with Crippen molar-refractivity contribution in [3.8, 4) is 5.75 Å². The zero-order valence-electron chi connectivity index (χ0n) is 11.9. The van der Waals surface area contributed by atoms with Crippen LogP contribution in [0.25, 0.3) is 0 Å². The van der Waals surface area contributed by atoms with Gasteiger partial charge in [0.1, 0.15) is 5.75 Å². The van der Waals surface area contributed by atoms with Gasteiger partial charge in [-0.25, -0.2) is 0 Å². The van der Waals surface area contributed by atoms with Crippen molar-refractivity contribution >= 4 is 0 Å². The molecule has 2 aromatic rings. The predicted octanol–water partition coefficient (Wildman–Crippen LogP) is 3.71. The second-order valence-electron chi connectivity index (χ2n) is 5.23. The molecule has 0 saturated carbocycles. The molecule has 1 unspecified atom stereocenters. The number of ether oxygens (including phenoxy) is 1. The van der Waals surface area contributed by atoms with Crippen LogP contribution in [-0.4, -0.2) is 13.2 Å². The van der Waals surface area contributed by atoms with E-state index in [1.807, 2.05) is 0 Å². The molecule has 0 aromatic heterocycles. The summed E-state index contributed by atoms with van der Waals surface area (Å²) in [6, 6.07) is 17.3. The van der Waals surface area contributed by atoms with Gasteiger partial charge in [0.25, 0.3) is 0 Å². The molecule has 104 valence electrons. The fraction of sp³-hybridized carbons (Fsp3) is 0.333. The molecule has 0 bridgehead atoms. The average molecular weight is 267 g/mol. The van der Waals surface area contributed by atoms with Gasteiger partial charge in [-0.3, -0.25) is 0 Å². The first-order chi connectivity index (χ1) is 9.90. The summed E-state index contributed by atoms with van der Waals surface area (Å²) < 4.78 is 5.87. The van der Waals surface area contributed by atoms with Crippen LogP contribution in [0.2, 0.25) is 0 Å². The van der Waals surface area contributed by atoms with E-state index < -0.39 is 0 Å².